The number of aromatic nitrogens is 3. The molecule has 2 heterocycles. The molecule has 0 atom stereocenters. The Labute approximate surface area is 118 Å². The third-order valence-corrected chi connectivity index (χ3v) is 2.82. The lowest BCUT2D eigenvalue weighted by molar-refractivity contribution is 0.832. The average Bonchev–Trinajstić information content (AvgIpc) is 2.40. The van der Waals surface area contributed by atoms with Gasteiger partial charge in [0.05, 0.1) is 0 Å². The Hall–Kier alpha value is -1.68. The number of anilines is 1. The van der Waals surface area contributed by atoms with Crippen molar-refractivity contribution >= 4 is 17.4 Å². The summed E-state index contributed by atoms with van der Waals surface area (Å²) in [4.78, 5) is 12.9. The lowest BCUT2D eigenvalue weighted by Gasteiger charge is -2.07. The molecule has 4 nitrogen and oxygen atoms in total. The van der Waals surface area contributed by atoms with Crippen LogP contribution in [0.15, 0.2) is 30.5 Å². The fourth-order valence-electron chi connectivity index (χ4n) is 1.76. The summed E-state index contributed by atoms with van der Waals surface area (Å²) in [6.07, 6.45) is 4.50. The standard InChI is InChI=1S/C14H17ClN4/c1-2-5-13-18-12(15)10-14(19-13)17-9-7-11-6-3-4-8-16-11/h3-4,6,8,10H,2,5,7,9H2,1H3,(H,17,18,19). The third kappa shape index (κ3) is 4.48. The second-order valence-electron chi connectivity index (χ2n) is 4.24. The lowest BCUT2D eigenvalue weighted by Crippen LogP contribution is -2.09. The topological polar surface area (TPSA) is 50.7 Å². The van der Waals surface area contributed by atoms with Gasteiger partial charge < -0.3 is 5.32 Å². The quantitative estimate of drug-likeness (QED) is 0.824. The van der Waals surface area contributed by atoms with Crippen LogP contribution in [-0.4, -0.2) is 21.5 Å². The van der Waals surface area contributed by atoms with Gasteiger partial charge in [-0.05, 0) is 18.6 Å². The van der Waals surface area contributed by atoms with Gasteiger partial charge in [0.25, 0.3) is 0 Å². The predicted octanol–water partition coefficient (Wildman–Crippen LogP) is 3.13. The van der Waals surface area contributed by atoms with E-state index in [1.54, 1.807) is 12.3 Å². The minimum atomic E-state index is 0.485. The van der Waals surface area contributed by atoms with Gasteiger partial charge in [0.15, 0.2) is 0 Å². The number of hydrogen-bond acceptors (Lipinski definition) is 4. The molecule has 2 aromatic rings. The van der Waals surface area contributed by atoms with Crippen molar-refractivity contribution < 1.29 is 0 Å². The Kier molecular flexibility index (Phi) is 5.10. The molecule has 0 saturated carbocycles. The Bertz CT molecular complexity index is 516. The molecule has 0 radical (unpaired) electrons. The molecule has 0 aliphatic heterocycles. The summed E-state index contributed by atoms with van der Waals surface area (Å²) in [6.45, 7) is 2.87. The summed E-state index contributed by atoms with van der Waals surface area (Å²) in [6, 6.07) is 7.66. The summed E-state index contributed by atoms with van der Waals surface area (Å²) in [5.41, 5.74) is 1.06. The van der Waals surface area contributed by atoms with Gasteiger partial charge in [0, 0.05) is 37.3 Å². The molecule has 1 N–H and O–H groups in total. The van der Waals surface area contributed by atoms with Crippen molar-refractivity contribution in [3.05, 3.63) is 47.1 Å². The smallest absolute Gasteiger partial charge is 0.134 e. The van der Waals surface area contributed by atoms with E-state index in [0.29, 0.717) is 5.15 Å². The first-order valence-corrected chi connectivity index (χ1v) is 6.83. The molecule has 0 amide bonds. The Morgan fingerprint density at radius 2 is 2.11 bits per heavy atom. The maximum absolute atomic E-state index is 5.98. The van der Waals surface area contributed by atoms with Crippen molar-refractivity contribution in [1.82, 2.24) is 15.0 Å². The fourth-order valence-corrected chi connectivity index (χ4v) is 1.96. The molecule has 19 heavy (non-hydrogen) atoms. The Morgan fingerprint density at radius 1 is 1.21 bits per heavy atom. The second-order valence-corrected chi connectivity index (χ2v) is 4.63. The first kappa shape index (κ1) is 13.7. The minimum Gasteiger partial charge on any atom is -0.370 e. The molecule has 100 valence electrons. The third-order valence-electron chi connectivity index (χ3n) is 2.63. The molecular formula is C14H17ClN4. The average molecular weight is 277 g/mol. The molecule has 0 fully saturated rings. The zero-order chi connectivity index (χ0) is 13.5. The van der Waals surface area contributed by atoms with E-state index in [1.165, 1.54) is 0 Å². The van der Waals surface area contributed by atoms with Crippen molar-refractivity contribution in [3.63, 3.8) is 0 Å². The molecular weight excluding hydrogens is 260 g/mol. The van der Waals surface area contributed by atoms with Crippen molar-refractivity contribution in [2.45, 2.75) is 26.2 Å². The first-order valence-electron chi connectivity index (χ1n) is 6.45. The second kappa shape index (κ2) is 7.04. The molecule has 0 unspecified atom stereocenters. The molecule has 2 rings (SSSR count). The number of halogens is 1. The highest BCUT2D eigenvalue weighted by molar-refractivity contribution is 6.29. The van der Waals surface area contributed by atoms with E-state index in [1.807, 2.05) is 18.2 Å². The Balaban J connectivity index is 1.92. The van der Waals surface area contributed by atoms with Crippen molar-refractivity contribution in [2.75, 3.05) is 11.9 Å². The van der Waals surface area contributed by atoms with E-state index < -0.39 is 0 Å². The van der Waals surface area contributed by atoms with Crippen LogP contribution in [0.2, 0.25) is 5.15 Å². The summed E-state index contributed by atoms with van der Waals surface area (Å²) in [5.74, 6) is 1.56. The van der Waals surface area contributed by atoms with Gasteiger partial charge in [0.2, 0.25) is 0 Å². The van der Waals surface area contributed by atoms with E-state index in [0.717, 1.165) is 43.1 Å². The number of aryl methyl sites for hydroxylation is 1. The van der Waals surface area contributed by atoms with Crippen LogP contribution in [0.25, 0.3) is 0 Å². The highest BCUT2D eigenvalue weighted by atomic mass is 35.5. The van der Waals surface area contributed by atoms with E-state index in [4.69, 9.17) is 11.6 Å². The largest absolute Gasteiger partial charge is 0.370 e. The van der Waals surface area contributed by atoms with Crippen LogP contribution in [0.3, 0.4) is 0 Å². The molecule has 2 aromatic heterocycles. The van der Waals surface area contributed by atoms with E-state index in [2.05, 4.69) is 27.2 Å². The summed E-state index contributed by atoms with van der Waals surface area (Å²) < 4.78 is 0. The fraction of sp³-hybridized carbons (Fsp3) is 0.357. The number of pyridine rings is 1. The number of rotatable bonds is 6. The van der Waals surface area contributed by atoms with E-state index >= 15 is 0 Å². The van der Waals surface area contributed by atoms with Crippen molar-refractivity contribution in [1.29, 1.82) is 0 Å². The number of nitrogens with zero attached hydrogens (tertiary/aromatic N) is 3. The highest BCUT2D eigenvalue weighted by Crippen LogP contribution is 2.12. The minimum absolute atomic E-state index is 0.485. The van der Waals surface area contributed by atoms with Gasteiger partial charge in [0.1, 0.15) is 16.8 Å². The van der Waals surface area contributed by atoms with Crippen LogP contribution in [0.4, 0.5) is 5.82 Å². The maximum atomic E-state index is 5.98. The van der Waals surface area contributed by atoms with Gasteiger partial charge in [-0.2, -0.15) is 0 Å². The maximum Gasteiger partial charge on any atom is 0.134 e. The zero-order valence-electron chi connectivity index (χ0n) is 10.9. The summed E-state index contributed by atoms with van der Waals surface area (Å²) in [5, 5.41) is 3.74. The van der Waals surface area contributed by atoms with Crippen molar-refractivity contribution in [2.24, 2.45) is 0 Å². The molecule has 0 aromatic carbocycles. The van der Waals surface area contributed by atoms with Gasteiger partial charge in [-0.1, -0.05) is 24.6 Å². The zero-order valence-corrected chi connectivity index (χ0v) is 11.7. The van der Waals surface area contributed by atoms with Crippen LogP contribution >= 0.6 is 11.6 Å². The monoisotopic (exact) mass is 276 g/mol. The van der Waals surface area contributed by atoms with E-state index in [-0.39, 0.29) is 0 Å². The normalized spacial score (nSPS) is 10.4. The van der Waals surface area contributed by atoms with Gasteiger partial charge >= 0.3 is 0 Å². The van der Waals surface area contributed by atoms with Crippen LogP contribution in [0.1, 0.15) is 24.9 Å². The number of nitrogens with one attached hydrogen (secondary N) is 1. The van der Waals surface area contributed by atoms with Crippen LogP contribution < -0.4 is 5.32 Å². The SMILES string of the molecule is CCCc1nc(Cl)cc(NCCc2ccccn2)n1. The molecule has 0 spiro atoms. The van der Waals surface area contributed by atoms with Crippen LogP contribution in [-0.2, 0) is 12.8 Å². The van der Waals surface area contributed by atoms with Crippen LogP contribution in [0, 0.1) is 0 Å². The summed E-state index contributed by atoms with van der Waals surface area (Å²) >= 11 is 5.98. The van der Waals surface area contributed by atoms with E-state index in [9.17, 15) is 0 Å². The molecule has 5 heteroatoms. The predicted molar refractivity (Wildman–Crippen MR) is 77.5 cm³/mol. The Morgan fingerprint density at radius 3 is 2.84 bits per heavy atom. The molecule has 0 bridgehead atoms. The molecule has 0 aliphatic carbocycles. The first-order chi connectivity index (χ1) is 9.28. The molecule has 0 saturated heterocycles. The van der Waals surface area contributed by atoms with Crippen LogP contribution in [0.5, 0.6) is 0 Å². The number of hydrogen-bond donors (Lipinski definition) is 1. The van der Waals surface area contributed by atoms with Gasteiger partial charge in [-0.3, -0.25) is 4.98 Å². The summed E-state index contributed by atoms with van der Waals surface area (Å²) in [7, 11) is 0. The molecule has 0 aliphatic rings. The lowest BCUT2D eigenvalue weighted by atomic mass is 10.3. The van der Waals surface area contributed by atoms with Gasteiger partial charge in [-0.25, -0.2) is 9.97 Å². The van der Waals surface area contributed by atoms with Crippen molar-refractivity contribution in [3.8, 4) is 0 Å². The highest BCUT2D eigenvalue weighted by Gasteiger charge is 2.02. The van der Waals surface area contributed by atoms with Gasteiger partial charge in [-0.15, -0.1) is 0 Å².